The van der Waals surface area contributed by atoms with Crippen molar-refractivity contribution in [1.82, 2.24) is 10.2 Å². The maximum Gasteiger partial charge on any atom is 0.269 e. The van der Waals surface area contributed by atoms with Crippen LogP contribution >= 0.6 is 0 Å². The molecule has 2 aromatic rings. The standard InChI is InChI=1S/C26H29N3O6/c1-17(2)25-24(30)23-21(7-3-8-22(23)35-25)34-15-5-14-28-13-4-6-19(16-28)27-26(31)18-9-11-20(12-10-18)29(32)33/h3,7-12,19H,4-6,13-16H2,1-2H3,(H,27,31). The highest BCUT2D eigenvalue weighted by atomic mass is 16.6. The van der Waals surface area contributed by atoms with Crippen LogP contribution < -0.4 is 14.8 Å². The number of carbonyl (C=O) groups excluding carboxylic acids is 2. The normalized spacial score (nSPS) is 17.5. The number of hydrogen-bond donors (Lipinski definition) is 1. The van der Waals surface area contributed by atoms with E-state index in [0.29, 0.717) is 35.0 Å². The van der Waals surface area contributed by atoms with Gasteiger partial charge in [0.25, 0.3) is 11.6 Å². The van der Waals surface area contributed by atoms with E-state index in [0.717, 1.165) is 44.5 Å². The summed E-state index contributed by atoms with van der Waals surface area (Å²) >= 11 is 0. The number of ether oxygens (including phenoxy) is 2. The molecule has 0 radical (unpaired) electrons. The number of fused-ring (bicyclic) bond motifs is 1. The third-order valence-corrected chi connectivity index (χ3v) is 6.14. The molecule has 9 nitrogen and oxygen atoms in total. The molecule has 0 bridgehead atoms. The van der Waals surface area contributed by atoms with Crippen molar-refractivity contribution in [3.05, 3.63) is 75.0 Å². The molecule has 0 aromatic heterocycles. The van der Waals surface area contributed by atoms with E-state index in [4.69, 9.17) is 9.47 Å². The molecule has 2 heterocycles. The van der Waals surface area contributed by atoms with Crippen LogP contribution in [-0.4, -0.2) is 53.8 Å². The molecule has 1 unspecified atom stereocenters. The van der Waals surface area contributed by atoms with Crippen LogP contribution in [0.25, 0.3) is 0 Å². The first-order valence-electron chi connectivity index (χ1n) is 11.8. The largest absolute Gasteiger partial charge is 0.493 e. The van der Waals surface area contributed by atoms with Gasteiger partial charge in [0.1, 0.15) is 17.1 Å². The highest BCUT2D eigenvalue weighted by molar-refractivity contribution is 6.14. The first-order chi connectivity index (χ1) is 16.8. The molecule has 1 amide bonds. The summed E-state index contributed by atoms with van der Waals surface area (Å²) < 4.78 is 11.6. The Bertz CT molecular complexity index is 1150. The number of rotatable bonds is 8. The number of piperidine rings is 1. The fourth-order valence-corrected chi connectivity index (χ4v) is 4.39. The molecular weight excluding hydrogens is 450 g/mol. The SMILES string of the molecule is CC(C)=C1Oc2cccc(OCCCN3CCCC(NC(=O)c4ccc([N+](=O)[O-])cc4)C3)c2C1=O. The van der Waals surface area contributed by atoms with Gasteiger partial charge in [0.05, 0.1) is 11.5 Å². The van der Waals surface area contributed by atoms with Crippen molar-refractivity contribution >= 4 is 17.4 Å². The Morgan fingerprint density at radius 1 is 1.23 bits per heavy atom. The van der Waals surface area contributed by atoms with E-state index >= 15 is 0 Å². The highest BCUT2D eigenvalue weighted by Crippen LogP contribution is 2.38. The minimum absolute atomic E-state index is 0.0158. The summed E-state index contributed by atoms with van der Waals surface area (Å²) in [6, 6.07) is 11.0. The summed E-state index contributed by atoms with van der Waals surface area (Å²) in [5.74, 6) is 1.07. The number of nitrogens with zero attached hydrogens (tertiary/aromatic N) is 2. The molecule has 9 heteroatoms. The van der Waals surface area contributed by atoms with E-state index in [2.05, 4.69) is 10.2 Å². The third kappa shape index (κ3) is 5.68. The van der Waals surface area contributed by atoms with Crippen molar-refractivity contribution in [3.8, 4) is 11.5 Å². The molecule has 2 aromatic carbocycles. The lowest BCUT2D eigenvalue weighted by Gasteiger charge is -2.33. The van der Waals surface area contributed by atoms with Crippen LogP contribution in [0.4, 0.5) is 5.69 Å². The zero-order chi connectivity index (χ0) is 24.9. The lowest BCUT2D eigenvalue weighted by atomic mass is 10.0. The minimum atomic E-state index is -0.485. The number of hydrogen-bond acceptors (Lipinski definition) is 7. The van der Waals surface area contributed by atoms with Gasteiger partial charge in [0.2, 0.25) is 5.78 Å². The number of carbonyl (C=O) groups is 2. The first kappa shape index (κ1) is 24.4. The van der Waals surface area contributed by atoms with E-state index in [-0.39, 0.29) is 23.4 Å². The summed E-state index contributed by atoms with van der Waals surface area (Å²) in [6.07, 6.45) is 2.63. The highest BCUT2D eigenvalue weighted by Gasteiger charge is 2.31. The molecule has 2 aliphatic rings. The summed E-state index contributed by atoms with van der Waals surface area (Å²) in [4.78, 5) is 37.8. The van der Waals surface area contributed by atoms with Crippen LogP contribution in [0.2, 0.25) is 0 Å². The van der Waals surface area contributed by atoms with Gasteiger partial charge in [0.15, 0.2) is 5.76 Å². The van der Waals surface area contributed by atoms with E-state index in [1.165, 1.54) is 24.3 Å². The van der Waals surface area contributed by atoms with Crippen LogP contribution in [0.3, 0.4) is 0 Å². The molecule has 184 valence electrons. The van der Waals surface area contributed by atoms with Gasteiger partial charge >= 0.3 is 0 Å². The first-order valence-corrected chi connectivity index (χ1v) is 11.8. The van der Waals surface area contributed by atoms with Crippen LogP contribution in [0.5, 0.6) is 11.5 Å². The zero-order valence-electron chi connectivity index (χ0n) is 19.9. The van der Waals surface area contributed by atoms with Crippen molar-refractivity contribution in [2.45, 2.75) is 39.2 Å². The number of amides is 1. The average Bonchev–Trinajstić information content (AvgIpc) is 3.19. The van der Waals surface area contributed by atoms with Crippen molar-refractivity contribution in [1.29, 1.82) is 0 Å². The summed E-state index contributed by atoms with van der Waals surface area (Å²) in [6.45, 7) is 6.64. The number of allylic oxidation sites excluding steroid dienone is 2. The Hall–Kier alpha value is -3.72. The van der Waals surface area contributed by atoms with E-state index in [9.17, 15) is 19.7 Å². The van der Waals surface area contributed by atoms with Gasteiger partial charge in [0, 0.05) is 36.8 Å². The minimum Gasteiger partial charge on any atom is -0.493 e. The van der Waals surface area contributed by atoms with Gasteiger partial charge in [-0.15, -0.1) is 0 Å². The lowest BCUT2D eigenvalue weighted by Crippen LogP contribution is -2.48. The topological polar surface area (TPSA) is 111 Å². The monoisotopic (exact) mass is 479 g/mol. The molecule has 0 spiro atoms. The van der Waals surface area contributed by atoms with E-state index in [1.54, 1.807) is 12.1 Å². The fraction of sp³-hybridized carbons (Fsp3) is 0.385. The Morgan fingerprint density at radius 3 is 2.71 bits per heavy atom. The molecule has 2 aliphatic heterocycles. The van der Waals surface area contributed by atoms with Gasteiger partial charge in [-0.1, -0.05) is 6.07 Å². The summed E-state index contributed by atoms with van der Waals surface area (Å²) in [5.41, 5.74) is 1.68. The Morgan fingerprint density at radius 2 is 2.00 bits per heavy atom. The van der Waals surface area contributed by atoms with Crippen molar-refractivity contribution in [2.75, 3.05) is 26.2 Å². The van der Waals surface area contributed by atoms with Gasteiger partial charge in [-0.2, -0.15) is 0 Å². The molecule has 1 N–H and O–H groups in total. The Balaban J connectivity index is 1.25. The Labute approximate surface area is 203 Å². The van der Waals surface area contributed by atoms with E-state index < -0.39 is 4.92 Å². The number of likely N-dealkylation sites (tertiary alicyclic amines) is 1. The predicted molar refractivity (Wildman–Crippen MR) is 130 cm³/mol. The maximum absolute atomic E-state index is 12.7. The third-order valence-electron chi connectivity index (χ3n) is 6.14. The van der Waals surface area contributed by atoms with Gasteiger partial charge in [-0.25, -0.2) is 0 Å². The smallest absolute Gasteiger partial charge is 0.269 e. The van der Waals surface area contributed by atoms with E-state index in [1.807, 2.05) is 19.9 Å². The molecule has 0 saturated carbocycles. The van der Waals surface area contributed by atoms with Crippen LogP contribution in [0.1, 0.15) is 53.8 Å². The zero-order valence-corrected chi connectivity index (χ0v) is 19.9. The molecule has 0 aliphatic carbocycles. The number of benzene rings is 2. The average molecular weight is 480 g/mol. The quantitative estimate of drug-likeness (QED) is 0.262. The summed E-state index contributed by atoms with van der Waals surface area (Å²) in [5, 5.41) is 13.8. The predicted octanol–water partition coefficient (Wildman–Crippen LogP) is 4.13. The van der Waals surface area contributed by atoms with Gasteiger partial charge in [-0.3, -0.25) is 19.7 Å². The molecule has 4 rings (SSSR count). The number of Topliss-reactive ketones (excluding diaryl/α,β-unsaturated/α-hetero) is 1. The van der Waals surface area contributed by atoms with Crippen molar-refractivity contribution < 1.29 is 24.0 Å². The molecular formula is C26H29N3O6. The van der Waals surface area contributed by atoms with Crippen molar-refractivity contribution in [3.63, 3.8) is 0 Å². The molecule has 1 saturated heterocycles. The number of ketones is 1. The lowest BCUT2D eigenvalue weighted by molar-refractivity contribution is -0.384. The molecule has 1 atom stereocenters. The van der Waals surface area contributed by atoms with Gasteiger partial charge in [-0.05, 0) is 69.5 Å². The number of nitrogens with one attached hydrogen (secondary N) is 1. The number of nitro groups is 1. The van der Waals surface area contributed by atoms with Crippen molar-refractivity contribution in [2.24, 2.45) is 0 Å². The fourth-order valence-electron chi connectivity index (χ4n) is 4.39. The second-order valence-corrected chi connectivity index (χ2v) is 9.01. The molecule has 35 heavy (non-hydrogen) atoms. The van der Waals surface area contributed by atoms with Crippen LogP contribution in [-0.2, 0) is 0 Å². The second-order valence-electron chi connectivity index (χ2n) is 9.01. The van der Waals surface area contributed by atoms with Crippen LogP contribution in [0, 0.1) is 10.1 Å². The summed E-state index contributed by atoms with van der Waals surface area (Å²) in [7, 11) is 0. The maximum atomic E-state index is 12.7. The second kappa shape index (κ2) is 10.7. The number of nitro benzene ring substituents is 1. The van der Waals surface area contributed by atoms with Gasteiger partial charge < -0.3 is 19.7 Å². The number of non-ortho nitro benzene ring substituents is 1. The Kier molecular flexibility index (Phi) is 7.45. The van der Waals surface area contributed by atoms with Crippen LogP contribution in [0.15, 0.2) is 53.8 Å². The molecule has 1 fully saturated rings.